The van der Waals surface area contributed by atoms with Gasteiger partial charge in [0.2, 0.25) is 16.0 Å². The van der Waals surface area contributed by atoms with Crippen molar-refractivity contribution in [3.8, 4) is 0 Å². The number of hydrogen-bond acceptors (Lipinski definition) is 9. The van der Waals surface area contributed by atoms with Gasteiger partial charge < -0.3 is 21.1 Å². The van der Waals surface area contributed by atoms with Gasteiger partial charge in [0.15, 0.2) is 0 Å². The molecule has 0 bridgehead atoms. The summed E-state index contributed by atoms with van der Waals surface area (Å²) < 4.78 is 28.4. The number of anilines is 2. The molecule has 11 heteroatoms. The predicted molar refractivity (Wildman–Crippen MR) is 150 cm³/mol. The van der Waals surface area contributed by atoms with Crippen LogP contribution in [0.2, 0.25) is 0 Å². The van der Waals surface area contributed by atoms with Crippen LogP contribution in [0, 0.1) is 11.3 Å². The van der Waals surface area contributed by atoms with Crippen LogP contribution in [0.5, 0.6) is 0 Å². The van der Waals surface area contributed by atoms with Gasteiger partial charge in [-0.1, -0.05) is 25.5 Å². The number of nitrogens with one attached hydrogen (secondary N) is 5. The fraction of sp³-hybridized carbons (Fsp3) is 0.593. The van der Waals surface area contributed by atoms with E-state index in [0.717, 1.165) is 71.0 Å². The third-order valence-corrected chi connectivity index (χ3v) is 8.82. The molecular weight excluding hydrogens is 502 g/mol. The van der Waals surface area contributed by atoms with Gasteiger partial charge in [-0.2, -0.15) is 4.98 Å². The SMILES string of the molecule is CCCCNc1ncc(C(=N)c2ccc(S(=O)(=O)NCC3CCNCC3)cc2)c(NC2CCC(O)CC2)n1. The number of unbranched alkanes of at least 4 members (excludes halogenated alkanes) is 1. The fourth-order valence-electron chi connectivity index (χ4n) is 4.90. The number of aliphatic hydroxyl groups excluding tert-OH is 1. The first-order valence-corrected chi connectivity index (χ1v) is 15.3. The number of hydrogen-bond donors (Lipinski definition) is 6. The van der Waals surface area contributed by atoms with Crippen LogP contribution < -0.4 is 20.7 Å². The smallest absolute Gasteiger partial charge is 0.240 e. The zero-order valence-corrected chi connectivity index (χ0v) is 23.0. The Kier molecular flexibility index (Phi) is 10.1. The van der Waals surface area contributed by atoms with E-state index in [2.05, 4.69) is 37.6 Å². The van der Waals surface area contributed by atoms with Crippen molar-refractivity contribution in [1.82, 2.24) is 20.0 Å². The molecule has 1 aromatic carbocycles. The minimum atomic E-state index is -3.62. The number of aliphatic hydroxyl groups is 1. The fourth-order valence-corrected chi connectivity index (χ4v) is 6.02. The van der Waals surface area contributed by atoms with Gasteiger partial charge in [-0.3, -0.25) is 5.41 Å². The number of rotatable bonds is 12. The molecule has 1 aliphatic carbocycles. The van der Waals surface area contributed by atoms with Crippen molar-refractivity contribution in [2.45, 2.75) is 75.3 Å². The van der Waals surface area contributed by atoms with Gasteiger partial charge in [-0.05, 0) is 76.1 Å². The van der Waals surface area contributed by atoms with Gasteiger partial charge >= 0.3 is 0 Å². The minimum absolute atomic E-state index is 0.155. The van der Waals surface area contributed by atoms with Crippen molar-refractivity contribution in [3.63, 3.8) is 0 Å². The van der Waals surface area contributed by atoms with Crippen molar-refractivity contribution >= 4 is 27.5 Å². The first kappa shape index (κ1) is 28.4. The maximum Gasteiger partial charge on any atom is 0.240 e. The molecule has 10 nitrogen and oxygen atoms in total. The first-order valence-electron chi connectivity index (χ1n) is 13.8. The van der Waals surface area contributed by atoms with Crippen LogP contribution >= 0.6 is 0 Å². The van der Waals surface area contributed by atoms with Crippen molar-refractivity contribution in [3.05, 3.63) is 41.6 Å². The van der Waals surface area contributed by atoms with E-state index in [0.29, 0.717) is 35.4 Å². The molecule has 2 aliphatic rings. The van der Waals surface area contributed by atoms with Crippen LogP contribution in [0.25, 0.3) is 0 Å². The molecule has 0 radical (unpaired) electrons. The largest absolute Gasteiger partial charge is 0.393 e. The summed E-state index contributed by atoms with van der Waals surface area (Å²) in [6.07, 6.45) is 8.51. The van der Waals surface area contributed by atoms with E-state index in [1.807, 2.05) is 0 Å². The molecule has 0 spiro atoms. The molecular formula is C27H41N7O3S. The molecule has 1 aromatic heterocycles. The number of nitrogens with zero attached hydrogens (tertiary/aromatic N) is 2. The van der Waals surface area contributed by atoms with Gasteiger partial charge in [0.1, 0.15) is 5.82 Å². The minimum Gasteiger partial charge on any atom is -0.393 e. The van der Waals surface area contributed by atoms with E-state index in [1.165, 1.54) is 0 Å². The Morgan fingerprint density at radius 1 is 1.11 bits per heavy atom. The summed E-state index contributed by atoms with van der Waals surface area (Å²) in [5.74, 6) is 1.43. The van der Waals surface area contributed by atoms with Gasteiger partial charge in [-0.15, -0.1) is 0 Å². The normalized spacial score (nSPS) is 20.7. The zero-order chi connectivity index (χ0) is 27.0. The third-order valence-electron chi connectivity index (χ3n) is 7.38. The average molecular weight is 544 g/mol. The van der Waals surface area contributed by atoms with Crippen LogP contribution in [0.1, 0.15) is 69.4 Å². The van der Waals surface area contributed by atoms with Crippen molar-refractivity contribution in [1.29, 1.82) is 5.41 Å². The van der Waals surface area contributed by atoms with Crippen LogP contribution in [0.3, 0.4) is 0 Å². The highest BCUT2D eigenvalue weighted by Crippen LogP contribution is 2.25. The second-order valence-corrected chi connectivity index (χ2v) is 12.1. The lowest BCUT2D eigenvalue weighted by molar-refractivity contribution is 0.126. The molecule has 38 heavy (non-hydrogen) atoms. The highest BCUT2D eigenvalue weighted by Gasteiger charge is 2.23. The maximum atomic E-state index is 12.8. The van der Waals surface area contributed by atoms with E-state index in [9.17, 15) is 13.5 Å². The maximum absolute atomic E-state index is 12.8. The summed E-state index contributed by atoms with van der Waals surface area (Å²) in [7, 11) is -3.62. The van der Waals surface area contributed by atoms with E-state index in [-0.39, 0.29) is 22.8 Å². The van der Waals surface area contributed by atoms with Gasteiger partial charge in [0, 0.05) is 30.9 Å². The Morgan fingerprint density at radius 2 is 1.82 bits per heavy atom. The predicted octanol–water partition coefficient (Wildman–Crippen LogP) is 3.10. The summed E-state index contributed by atoms with van der Waals surface area (Å²) >= 11 is 0. The molecule has 0 atom stereocenters. The molecule has 6 N–H and O–H groups in total. The standard InChI is InChI=1S/C27H41N7O3S/c1-2-3-14-30-27-31-18-24(26(34-27)33-21-6-8-22(35)9-7-21)25(28)20-4-10-23(11-5-20)38(36,37)32-17-19-12-15-29-16-13-19/h4-5,10-11,18-19,21-22,28-29,32,35H,2-3,6-9,12-17H2,1H3,(H2,30,31,33,34). The molecule has 2 heterocycles. The Bertz CT molecular complexity index is 1160. The number of piperidine rings is 1. The number of sulfonamides is 1. The average Bonchev–Trinajstić information content (AvgIpc) is 2.94. The van der Waals surface area contributed by atoms with Crippen LogP contribution in [0.15, 0.2) is 35.4 Å². The van der Waals surface area contributed by atoms with Crippen molar-refractivity contribution in [2.75, 3.05) is 36.8 Å². The lowest BCUT2D eigenvalue weighted by atomic mass is 9.93. The highest BCUT2D eigenvalue weighted by atomic mass is 32.2. The van der Waals surface area contributed by atoms with E-state index in [4.69, 9.17) is 5.41 Å². The Hall–Kier alpha value is -2.60. The van der Waals surface area contributed by atoms with Crippen LogP contribution in [-0.2, 0) is 10.0 Å². The molecule has 1 aliphatic heterocycles. The van der Waals surface area contributed by atoms with Gasteiger partial charge in [0.25, 0.3) is 0 Å². The number of benzene rings is 1. The third kappa shape index (κ3) is 7.72. The number of aromatic nitrogens is 2. The molecule has 0 amide bonds. The van der Waals surface area contributed by atoms with E-state index < -0.39 is 10.0 Å². The molecule has 1 saturated carbocycles. The summed E-state index contributed by atoms with van der Waals surface area (Å²) in [6, 6.07) is 6.57. The molecule has 0 unspecified atom stereocenters. The Morgan fingerprint density at radius 3 is 2.50 bits per heavy atom. The molecule has 2 aromatic rings. The van der Waals surface area contributed by atoms with Crippen LogP contribution in [0.4, 0.5) is 11.8 Å². The lowest BCUT2D eigenvalue weighted by Gasteiger charge is -2.27. The van der Waals surface area contributed by atoms with Gasteiger partial charge in [0.05, 0.1) is 22.3 Å². The molecule has 4 rings (SSSR count). The molecule has 1 saturated heterocycles. The summed E-state index contributed by atoms with van der Waals surface area (Å²) in [5.41, 5.74) is 1.35. The van der Waals surface area contributed by atoms with Crippen molar-refractivity contribution in [2.24, 2.45) is 5.92 Å². The van der Waals surface area contributed by atoms with E-state index >= 15 is 0 Å². The summed E-state index contributed by atoms with van der Waals surface area (Å²) in [6.45, 7) is 5.16. The first-order chi connectivity index (χ1) is 18.4. The van der Waals surface area contributed by atoms with Gasteiger partial charge in [-0.25, -0.2) is 18.1 Å². The molecule has 2 fully saturated rings. The Labute approximate surface area is 226 Å². The lowest BCUT2D eigenvalue weighted by Crippen LogP contribution is -2.35. The quantitative estimate of drug-likeness (QED) is 0.176. The summed E-state index contributed by atoms with van der Waals surface area (Å²) in [4.78, 5) is 9.31. The topological polar surface area (TPSA) is 152 Å². The second-order valence-electron chi connectivity index (χ2n) is 10.3. The van der Waals surface area contributed by atoms with Crippen molar-refractivity contribution < 1.29 is 13.5 Å². The van der Waals surface area contributed by atoms with E-state index in [1.54, 1.807) is 30.5 Å². The second kappa shape index (κ2) is 13.5. The Balaban J connectivity index is 1.48. The molecule has 208 valence electrons. The summed E-state index contributed by atoms with van der Waals surface area (Å²) in [5, 5.41) is 28.8. The monoisotopic (exact) mass is 543 g/mol. The van der Waals surface area contributed by atoms with Crippen LogP contribution in [-0.4, -0.2) is 67.5 Å². The zero-order valence-electron chi connectivity index (χ0n) is 22.2. The highest BCUT2D eigenvalue weighted by molar-refractivity contribution is 7.89.